The number of carbonyl (C=O) groups excluding carboxylic acids is 2. The zero-order valence-electron chi connectivity index (χ0n) is 15.8. The lowest BCUT2D eigenvalue weighted by atomic mass is 10.1. The number of anilines is 2. The van der Waals surface area contributed by atoms with Gasteiger partial charge < -0.3 is 19.7 Å². The lowest BCUT2D eigenvalue weighted by Gasteiger charge is -2.20. The first-order valence-electron chi connectivity index (χ1n) is 9.01. The van der Waals surface area contributed by atoms with Gasteiger partial charge in [-0.25, -0.2) is 0 Å². The number of hydrogen-bond donors (Lipinski definition) is 1. The van der Waals surface area contributed by atoms with Gasteiger partial charge in [0.1, 0.15) is 11.5 Å². The zero-order valence-corrected chi connectivity index (χ0v) is 15.8. The second-order valence-corrected chi connectivity index (χ2v) is 6.50. The van der Waals surface area contributed by atoms with Gasteiger partial charge in [0.2, 0.25) is 11.8 Å². The topological polar surface area (TPSA) is 67.9 Å². The van der Waals surface area contributed by atoms with Crippen molar-refractivity contribution in [2.24, 2.45) is 5.92 Å². The second kappa shape index (κ2) is 8.12. The molecule has 1 saturated heterocycles. The van der Waals surface area contributed by atoms with Gasteiger partial charge in [0.15, 0.2) is 0 Å². The van der Waals surface area contributed by atoms with Gasteiger partial charge in [-0.3, -0.25) is 9.59 Å². The molecule has 1 atom stereocenters. The Balaban J connectivity index is 1.76. The van der Waals surface area contributed by atoms with E-state index in [4.69, 9.17) is 9.47 Å². The van der Waals surface area contributed by atoms with Crippen molar-refractivity contribution in [3.8, 4) is 11.5 Å². The summed E-state index contributed by atoms with van der Waals surface area (Å²) in [6, 6.07) is 13.0. The van der Waals surface area contributed by atoms with E-state index in [1.807, 2.05) is 50.2 Å². The van der Waals surface area contributed by atoms with Crippen LogP contribution in [0.3, 0.4) is 0 Å². The molecule has 1 aliphatic rings. The number of nitrogens with one attached hydrogen (secondary N) is 1. The van der Waals surface area contributed by atoms with Gasteiger partial charge in [-0.15, -0.1) is 0 Å². The van der Waals surface area contributed by atoms with Gasteiger partial charge in [-0.2, -0.15) is 0 Å². The molecule has 2 amide bonds. The van der Waals surface area contributed by atoms with E-state index in [-0.39, 0.29) is 18.2 Å². The molecule has 0 aromatic heterocycles. The first kappa shape index (κ1) is 18.8. The highest BCUT2D eigenvalue weighted by Crippen LogP contribution is 2.34. The Bertz CT molecular complexity index is 850. The van der Waals surface area contributed by atoms with E-state index in [0.717, 1.165) is 5.56 Å². The van der Waals surface area contributed by atoms with Crippen LogP contribution in [0, 0.1) is 12.8 Å². The van der Waals surface area contributed by atoms with Gasteiger partial charge >= 0.3 is 0 Å². The fourth-order valence-electron chi connectivity index (χ4n) is 3.21. The molecule has 1 unspecified atom stereocenters. The molecule has 1 fully saturated rings. The third-order valence-corrected chi connectivity index (χ3v) is 4.57. The van der Waals surface area contributed by atoms with Crippen molar-refractivity contribution >= 4 is 23.2 Å². The Hall–Kier alpha value is -3.02. The minimum Gasteiger partial charge on any atom is -0.495 e. The van der Waals surface area contributed by atoms with Crippen molar-refractivity contribution in [3.63, 3.8) is 0 Å². The number of methoxy groups -OCH3 is 1. The van der Waals surface area contributed by atoms with Crippen molar-refractivity contribution in [1.82, 2.24) is 0 Å². The number of nitrogens with zero attached hydrogens (tertiary/aromatic N) is 1. The summed E-state index contributed by atoms with van der Waals surface area (Å²) < 4.78 is 10.9. The molecule has 0 aliphatic carbocycles. The van der Waals surface area contributed by atoms with Gasteiger partial charge in [0.05, 0.1) is 31.0 Å². The molecular formula is C21H24N2O4. The summed E-state index contributed by atoms with van der Waals surface area (Å²) in [6.45, 7) is 4.68. The number of carbonyl (C=O) groups is 2. The van der Waals surface area contributed by atoms with Gasteiger partial charge in [-0.05, 0) is 43.7 Å². The Morgan fingerprint density at radius 2 is 2.00 bits per heavy atom. The van der Waals surface area contributed by atoms with Gasteiger partial charge in [-0.1, -0.05) is 18.2 Å². The molecule has 0 radical (unpaired) electrons. The highest BCUT2D eigenvalue weighted by Gasteiger charge is 2.36. The van der Waals surface area contributed by atoms with E-state index < -0.39 is 5.92 Å². The van der Waals surface area contributed by atoms with Gasteiger partial charge in [0.25, 0.3) is 0 Å². The summed E-state index contributed by atoms with van der Waals surface area (Å²) in [5.74, 6) is 0.533. The summed E-state index contributed by atoms with van der Waals surface area (Å²) in [4.78, 5) is 26.9. The summed E-state index contributed by atoms with van der Waals surface area (Å²) in [5.41, 5.74) is 2.34. The number of hydrogen-bond acceptors (Lipinski definition) is 4. The van der Waals surface area contributed by atoms with Crippen LogP contribution in [0.15, 0.2) is 42.5 Å². The summed E-state index contributed by atoms with van der Waals surface area (Å²) in [6.07, 6.45) is 0.166. The smallest absolute Gasteiger partial charge is 0.229 e. The number of aryl methyl sites for hydroxylation is 1. The number of amides is 2. The summed E-state index contributed by atoms with van der Waals surface area (Å²) >= 11 is 0. The van der Waals surface area contributed by atoms with Crippen LogP contribution in [-0.2, 0) is 9.59 Å². The Morgan fingerprint density at radius 3 is 2.74 bits per heavy atom. The van der Waals surface area contributed by atoms with Crippen molar-refractivity contribution in [1.29, 1.82) is 0 Å². The van der Waals surface area contributed by atoms with Crippen LogP contribution >= 0.6 is 0 Å². The van der Waals surface area contributed by atoms with Crippen LogP contribution in [0.4, 0.5) is 11.4 Å². The average molecular weight is 368 g/mol. The number of ether oxygens (including phenoxy) is 2. The first-order chi connectivity index (χ1) is 13.0. The predicted molar refractivity (Wildman–Crippen MR) is 104 cm³/mol. The molecule has 1 heterocycles. The van der Waals surface area contributed by atoms with E-state index >= 15 is 0 Å². The maximum atomic E-state index is 12.7. The van der Waals surface area contributed by atoms with Crippen molar-refractivity contribution in [2.75, 3.05) is 30.5 Å². The van der Waals surface area contributed by atoms with E-state index in [9.17, 15) is 9.59 Å². The van der Waals surface area contributed by atoms with Crippen molar-refractivity contribution in [2.45, 2.75) is 20.3 Å². The highest BCUT2D eigenvalue weighted by atomic mass is 16.5. The van der Waals surface area contributed by atoms with E-state index in [1.165, 1.54) is 0 Å². The first-order valence-corrected chi connectivity index (χ1v) is 9.01. The van der Waals surface area contributed by atoms with Gasteiger partial charge in [0, 0.05) is 13.0 Å². The quantitative estimate of drug-likeness (QED) is 0.849. The van der Waals surface area contributed by atoms with Crippen LogP contribution in [0.1, 0.15) is 18.9 Å². The average Bonchev–Trinajstić information content (AvgIpc) is 3.05. The molecule has 0 saturated carbocycles. The monoisotopic (exact) mass is 368 g/mol. The molecule has 0 spiro atoms. The fraction of sp³-hybridized carbons (Fsp3) is 0.333. The molecule has 142 valence electrons. The Labute approximate surface area is 159 Å². The maximum Gasteiger partial charge on any atom is 0.229 e. The van der Waals surface area contributed by atoms with Crippen molar-refractivity contribution in [3.05, 3.63) is 48.0 Å². The summed E-state index contributed by atoms with van der Waals surface area (Å²) in [5, 5.41) is 2.90. The van der Waals surface area contributed by atoms with E-state index in [1.54, 1.807) is 18.1 Å². The molecular weight excluding hydrogens is 344 g/mol. The normalized spacial score (nSPS) is 16.3. The molecule has 27 heavy (non-hydrogen) atoms. The molecule has 2 aromatic rings. The SMILES string of the molecule is CCOc1ccccc1NC(=O)C1CC(=O)N(c2cc(C)ccc2OC)C1. The number of para-hydroxylation sites is 2. The third-order valence-electron chi connectivity index (χ3n) is 4.57. The summed E-state index contributed by atoms with van der Waals surface area (Å²) in [7, 11) is 1.57. The fourth-order valence-corrected chi connectivity index (χ4v) is 3.21. The Morgan fingerprint density at radius 1 is 1.22 bits per heavy atom. The predicted octanol–water partition coefficient (Wildman–Crippen LogP) is 3.39. The maximum absolute atomic E-state index is 12.7. The largest absolute Gasteiger partial charge is 0.495 e. The highest BCUT2D eigenvalue weighted by molar-refractivity contribution is 6.04. The minimum atomic E-state index is -0.433. The standard InChI is InChI=1S/C21H24N2O4/c1-4-27-18-8-6-5-7-16(18)22-21(25)15-12-20(24)23(13-15)17-11-14(2)9-10-19(17)26-3/h5-11,15H,4,12-13H2,1-3H3,(H,22,25). The zero-order chi connectivity index (χ0) is 19.4. The van der Waals surface area contributed by atoms with Crippen molar-refractivity contribution < 1.29 is 19.1 Å². The molecule has 6 nitrogen and oxygen atoms in total. The van der Waals surface area contributed by atoms with Crippen LogP contribution in [0.5, 0.6) is 11.5 Å². The van der Waals surface area contributed by atoms with E-state index in [2.05, 4.69) is 5.32 Å². The lowest BCUT2D eigenvalue weighted by molar-refractivity contribution is -0.122. The van der Waals surface area contributed by atoms with E-state index in [0.29, 0.717) is 36.0 Å². The number of benzene rings is 2. The third kappa shape index (κ3) is 4.05. The van der Waals surface area contributed by atoms with Crippen LogP contribution in [0.2, 0.25) is 0 Å². The van der Waals surface area contributed by atoms with Crippen LogP contribution in [0.25, 0.3) is 0 Å². The lowest BCUT2D eigenvalue weighted by Crippen LogP contribution is -2.28. The molecule has 3 rings (SSSR count). The van der Waals surface area contributed by atoms with Crippen LogP contribution in [-0.4, -0.2) is 32.1 Å². The number of rotatable bonds is 6. The molecule has 1 N–H and O–H groups in total. The van der Waals surface area contributed by atoms with Crippen LogP contribution < -0.4 is 19.7 Å². The Kier molecular flexibility index (Phi) is 5.64. The molecule has 2 aromatic carbocycles. The molecule has 6 heteroatoms. The molecule has 1 aliphatic heterocycles. The minimum absolute atomic E-state index is 0.0860. The second-order valence-electron chi connectivity index (χ2n) is 6.50. The molecule has 0 bridgehead atoms.